The molecular weight excluding hydrogens is 633 g/mol. The summed E-state index contributed by atoms with van der Waals surface area (Å²) in [5.41, 5.74) is 16.0. The molecule has 52 heavy (non-hydrogen) atoms. The SMILES string of the molecule is CC1(C)c2ccccc2-c2ccc(-c3nc4nc(n3)-c3cccc(c3)-c3ccc5c6ccccc6n(c5c3)-c3cccc(c3)-c3cccc-4c3)cc21. The normalized spacial score (nSPS) is 13.3. The van der Waals surface area contributed by atoms with Gasteiger partial charge in [-0.25, -0.2) is 15.0 Å². The van der Waals surface area contributed by atoms with Gasteiger partial charge < -0.3 is 4.57 Å². The van der Waals surface area contributed by atoms with E-state index in [-0.39, 0.29) is 5.41 Å². The van der Waals surface area contributed by atoms with Crippen molar-refractivity contribution in [2.24, 2.45) is 0 Å². The predicted molar refractivity (Wildman–Crippen MR) is 212 cm³/mol. The summed E-state index contributed by atoms with van der Waals surface area (Å²) in [7, 11) is 0. The highest BCUT2D eigenvalue weighted by Gasteiger charge is 2.35. The second-order valence-corrected chi connectivity index (χ2v) is 14.5. The summed E-state index contributed by atoms with van der Waals surface area (Å²) in [6, 6.07) is 57.0. The Morgan fingerprint density at radius 2 is 0.923 bits per heavy atom. The van der Waals surface area contributed by atoms with Crippen LogP contribution in [-0.4, -0.2) is 19.5 Å². The number of para-hydroxylation sites is 1. The van der Waals surface area contributed by atoms with Crippen molar-refractivity contribution in [2.45, 2.75) is 19.3 Å². The molecule has 1 aliphatic heterocycles. The van der Waals surface area contributed by atoms with Crippen LogP contribution < -0.4 is 0 Å². The first-order chi connectivity index (χ1) is 25.5. The fourth-order valence-electron chi connectivity index (χ4n) is 8.54. The Labute approximate surface area is 301 Å². The molecule has 0 spiro atoms. The molecule has 0 saturated heterocycles. The summed E-state index contributed by atoms with van der Waals surface area (Å²) in [5.74, 6) is 1.97. The lowest BCUT2D eigenvalue weighted by atomic mass is 9.82. The third kappa shape index (κ3) is 4.24. The standard InChI is InChI=1S/C48H32N4/c1-48(2)41-18-5-3-16-37(41)38-22-21-35(27-42(38)48)47-50-45-33-13-7-10-29(24-33)31-12-9-15-36(26-31)52-43-19-6-4-17-39(43)40-23-20-32(28-44(40)52)30-11-8-14-34(25-30)46(49-45)51-47/h3-28H,1-2H3. The summed E-state index contributed by atoms with van der Waals surface area (Å²) < 4.78 is 2.40. The summed E-state index contributed by atoms with van der Waals surface area (Å²) >= 11 is 0. The maximum atomic E-state index is 5.20. The van der Waals surface area contributed by atoms with Gasteiger partial charge in [0.05, 0.1) is 11.0 Å². The zero-order valence-electron chi connectivity index (χ0n) is 28.8. The number of aromatic nitrogens is 4. The Kier molecular flexibility index (Phi) is 5.98. The van der Waals surface area contributed by atoms with Gasteiger partial charge in [-0.1, -0.05) is 129 Å². The first-order valence-corrected chi connectivity index (χ1v) is 17.9. The van der Waals surface area contributed by atoms with Gasteiger partial charge in [0.1, 0.15) is 0 Å². The van der Waals surface area contributed by atoms with Gasteiger partial charge in [0.25, 0.3) is 0 Å². The largest absolute Gasteiger partial charge is 0.309 e. The molecule has 0 radical (unpaired) electrons. The molecule has 2 aromatic heterocycles. The van der Waals surface area contributed by atoms with Gasteiger partial charge in [-0.2, -0.15) is 0 Å². The molecule has 0 amide bonds. The molecule has 7 aromatic carbocycles. The fourth-order valence-corrected chi connectivity index (χ4v) is 8.54. The lowest BCUT2D eigenvalue weighted by molar-refractivity contribution is 0.660. The van der Waals surface area contributed by atoms with Crippen LogP contribution in [0.5, 0.6) is 0 Å². The molecule has 0 fully saturated rings. The lowest BCUT2D eigenvalue weighted by Gasteiger charge is -2.21. The smallest absolute Gasteiger partial charge is 0.164 e. The average Bonchev–Trinajstić information content (AvgIpc) is 3.65. The van der Waals surface area contributed by atoms with Crippen LogP contribution in [-0.2, 0) is 5.41 Å². The van der Waals surface area contributed by atoms with Crippen LogP contribution in [0.2, 0.25) is 0 Å². The summed E-state index contributed by atoms with van der Waals surface area (Å²) in [6.07, 6.45) is 0. The van der Waals surface area contributed by atoms with E-state index in [0.29, 0.717) is 17.5 Å². The molecule has 2 aliphatic rings. The molecule has 0 saturated carbocycles. The van der Waals surface area contributed by atoms with Gasteiger partial charge in [-0.15, -0.1) is 0 Å². The van der Waals surface area contributed by atoms with E-state index >= 15 is 0 Å². The molecule has 10 bridgehead atoms. The molecule has 3 heterocycles. The number of fused-ring (bicyclic) bond motifs is 20. The molecule has 4 nitrogen and oxygen atoms in total. The van der Waals surface area contributed by atoms with Crippen LogP contribution in [0.15, 0.2) is 158 Å². The predicted octanol–water partition coefficient (Wildman–Crippen LogP) is 11.9. The van der Waals surface area contributed by atoms with Crippen molar-refractivity contribution < 1.29 is 0 Å². The van der Waals surface area contributed by atoms with Crippen LogP contribution in [0, 0.1) is 0 Å². The third-order valence-corrected chi connectivity index (χ3v) is 11.2. The number of hydrogen-bond donors (Lipinski definition) is 0. The highest BCUT2D eigenvalue weighted by Crippen LogP contribution is 2.49. The number of benzene rings is 7. The van der Waals surface area contributed by atoms with Gasteiger partial charge in [-0.05, 0) is 87.0 Å². The summed E-state index contributed by atoms with van der Waals surface area (Å²) in [5, 5.41) is 2.47. The Hall–Kier alpha value is -6.65. The van der Waals surface area contributed by atoms with Gasteiger partial charge >= 0.3 is 0 Å². The van der Waals surface area contributed by atoms with Crippen molar-refractivity contribution in [3.05, 3.63) is 169 Å². The molecule has 0 N–H and O–H groups in total. The number of rotatable bonds is 1. The zero-order valence-corrected chi connectivity index (χ0v) is 28.8. The van der Waals surface area contributed by atoms with Crippen LogP contribution in [0.4, 0.5) is 0 Å². The number of hydrogen-bond acceptors (Lipinski definition) is 3. The van der Waals surface area contributed by atoms with Crippen LogP contribution in [0.3, 0.4) is 0 Å². The Morgan fingerprint density at radius 3 is 1.67 bits per heavy atom. The molecule has 0 atom stereocenters. The monoisotopic (exact) mass is 664 g/mol. The van der Waals surface area contributed by atoms with E-state index in [9.17, 15) is 0 Å². The van der Waals surface area contributed by atoms with Gasteiger partial charge in [0.15, 0.2) is 17.5 Å². The second-order valence-electron chi connectivity index (χ2n) is 14.5. The molecule has 11 rings (SSSR count). The van der Waals surface area contributed by atoms with Crippen LogP contribution >= 0.6 is 0 Å². The minimum Gasteiger partial charge on any atom is -0.309 e. The number of nitrogens with zero attached hydrogens (tertiary/aromatic N) is 4. The molecule has 1 aliphatic carbocycles. The van der Waals surface area contributed by atoms with E-state index in [1.165, 1.54) is 44.1 Å². The Balaban J connectivity index is 1.17. The Bertz CT molecular complexity index is 2950. The maximum Gasteiger partial charge on any atom is 0.164 e. The van der Waals surface area contributed by atoms with Crippen molar-refractivity contribution >= 4 is 21.8 Å². The first kappa shape index (κ1) is 29.1. The minimum absolute atomic E-state index is 0.129. The van der Waals surface area contributed by atoms with Gasteiger partial charge in [0.2, 0.25) is 0 Å². The minimum atomic E-state index is -0.129. The second kappa shape index (κ2) is 10.7. The van der Waals surface area contributed by atoms with Crippen molar-refractivity contribution in [2.75, 3.05) is 0 Å². The van der Waals surface area contributed by atoms with Crippen LogP contribution in [0.25, 0.3) is 95.0 Å². The molecule has 0 unspecified atom stereocenters. The fraction of sp³-hybridized carbons (Fsp3) is 0.0625. The van der Waals surface area contributed by atoms with Crippen molar-refractivity contribution in [3.63, 3.8) is 0 Å². The van der Waals surface area contributed by atoms with Crippen molar-refractivity contribution in [3.8, 4) is 73.2 Å². The molecular formula is C48H32N4. The highest BCUT2D eigenvalue weighted by molar-refractivity contribution is 6.10. The third-order valence-electron chi connectivity index (χ3n) is 11.2. The van der Waals surface area contributed by atoms with E-state index in [1.54, 1.807) is 0 Å². The van der Waals surface area contributed by atoms with E-state index in [2.05, 4.69) is 176 Å². The van der Waals surface area contributed by atoms with E-state index in [0.717, 1.165) is 44.6 Å². The van der Waals surface area contributed by atoms with Crippen LogP contribution in [0.1, 0.15) is 25.0 Å². The molecule has 244 valence electrons. The molecule has 4 heteroatoms. The maximum absolute atomic E-state index is 5.20. The quantitative estimate of drug-likeness (QED) is 0.175. The lowest BCUT2D eigenvalue weighted by Crippen LogP contribution is -2.15. The first-order valence-electron chi connectivity index (χ1n) is 17.9. The Morgan fingerprint density at radius 1 is 0.385 bits per heavy atom. The highest BCUT2D eigenvalue weighted by atomic mass is 15.0. The van der Waals surface area contributed by atoms with Crippen molar-refractivity contribution in [1.29, 1.82) is 0 Å². The van der Waals surface area contributed by atoms with E-state index in [4.69, 9.17) is 15.0 Å². The summed E-state index contributed by atoms with van der Waals surface area (Å²) in [4.78, 5) is 15.6. The van der Waals surface area contributed by atoms with Gasteiger partial charge in [0, 0.05) is 38.6 Å². The average molecular weight is 665 g/mol. The molecule has 9 aromatic rings. The summed E-state index contributed by atoms with van der Waals surface area (Å²) in [6.45, 7) is 4.62. The van der Waals surface area contributed by atoms with E-state index in [1.807, 2.05) is 0 Å². The van der Waals surface area contributed by atoms with E-state index < -0.39 is 0 Å². The van der Waals surface area contributed by atoms with Crippen molar-refractivity contribution in [1.82, 2.24) is 19.5 Å². The topological polar surface area (TPSA) is 43.6 Å². The zero-order chi connectivity index (χ0) is 34.6. The van der Waals surface area contributed by atoms with Gasteiger partial charge in [-0.3, -0.25) is 0 Å².